The van der Waals surface area contributed by atoms with E-state index in [-0.39, 0.29) is 23.2 Å². The van der Waals surface area contributed by atoms with E-state index in [1.807, 2.05) is 48.6 Å². The Morgan fingerprint density at radius 3 is 2.66 bits per heavy atom. The molecule has 1 aliphatic heterocycles. The van der Waals surface area contributed by atoms with Crippen molar-refractivity contribution >= 4 is 34.3 Å². The van der Waals surface area contributed by atoms with Crippen LogP contribution in [0.3, 0.4) is 0 Å². The minimum Gasteiger partial charge on any atom is -0.336 e. The van der Waals surface area contributed by atoms with E-state index in [4.69, 9.17) is 4.98 Å². The van der Waals surface area contributed by atoms with E-state index >= 15 is 0 Å². The third kappa shape index (κ3) is 3.38. The third-order valence-corrected chi connectivity index (χ3v) is 7.04. The summed E-state index contributed by atoms with van der Waals surface area (Å²) in [5.74, 6) is 0.189. The second-order valence-corrected chi connectivity index (χ2v) is 9.41. The van der Waals surface area contributed by atoms with E-state index in [0.29, 0.717) is 11.2 Å². The lowest BCUT2D eigenvalue weighted by Crippen LogP contribution is -2.50. The first-order valence-electron chi connectivity index (χ1n) is 10.2. The summed E-state index contributed by atoms with van der Waals surface area (Å²) in [6, 6.07) is 12.8. The smallest absolute Gasteiger partial charge is 0.236 e. The summed E-state index contributed by atoms with van der Waals surface area (Å²) in [7, 11) is 0. The largest absolute Gasteiger partial charge is 0.336 e. The molecule has 0 unspecified atom stereocenters. The molecular weight excluding hydrogens is 380 g/mol. The molecule has 6 heteroatoms. The Morgan fingerprint density at radius 2 is 1.97 bits per heavy atom. The van der Waals surface area contributed by atoms with Crippen LogP contribution >= 0.6 is 11.8 Å². The van der Waals surface area contributed by atoms with Crippen molar-refractivity contribution in [3.05, 3.63) is 41.5 Å². The Morgan fingerprint density at radius 1 is 1.28 bits per heavy atom. The number of likely N-dealkylation sites (tertiary alicyclic amines) is 1. The van der Waals surface area contributed by atoms with Crippen LogP contribution in [0, 0.1) is 18.3 Å². The van der Waals surface area contributed by atoms with Crippen molar-refractivity contribution < 1.29 is 4.79 Å². The third-order valence-electron chi connectivity index (χ3n) is 5.94. The van der Waals surface area contributed by atoms with E-state index < -0.39 is 0 Å². The van der Waals surface area contributed by atoms with E-state index in [9.17, 15) is 10.1 Å². The van der Waals surface area contributed by atoms with Crippen molar-refractivity contribution in [1.82, 2.24) is 14.3 Å². The van der Waals surface area contributed by atoms with Gasteiger partial charge in [0.05, 0.1) is 26.9 Å². The van der Waals surface area contributed by atoms with E-state index in [2.05, 4.69) is 24.8 Å². The second-order valence-electron chi connectivity index (χ2n) is 8.05. The zero-order valence-corrected chi connectivity index (χ0v) is 18.2. The predicted octanol–water partition coefficient (Wildman–Crippen LogP) is 4.94. The van der Waals surface area contributed by atoms with Crippen molar-refractivity contribution in [2.24, 2.45) is 0 Å². The second kappa shape index (κ2) is 7.72. The van der Waals surface area contributed by atoms with Gasteiger partial charge in [-0.1, -0.05) is 23.9 Å². The Hall–Kier alpha value is -2.52. The first kappa shape index (κ1) is 19.8. The maximum atomic E-state index is 13.3. The highest BCUT2D eigenvalue weighted by Gasteiger charge is 2.32. The van der Waals surface area contributed by atoms with Crippen LogP contribution in [0.2, 0.25) is 0 Å². The molecule has 0 aliphatic carbocycles. The van der Waals surface area contributed by atoms with Gasteiger partial charge in [0.2, 0.25) is 5.91 Å². The zero-order chi connectivity index (χ0) is 20.7. The number of carbonyl (C=O) groups is 1. The number of nitriles is 1. The van der Waals surface area contributed by atoms with Crippen LogP contribution in [-0.2, 0) is 4.79 Å². The lowest BCUT2D eigenvalue weighted by molar-refractivity contribution is -0.136. The van der Waals surface area contributed by atoms with Gasteiger partial charge in [-0.05, 0) is 70.7 Å². The van der Waals surface area contributed by atoms with Gasteiger partial charge in [-0.25, -0.2) is 4.98 Å². The summed E-state index contributed by atoms with van der Waals surface area (Å²) in [6.07, 6.45) is 3.32. The topological polar surface area (TPSA) is 61.4 Å². The quantitative estimate of drug-likeness (QED) is 0.578. The monoisotopic (exact) mass is 406 g/mol. The number of thioether (sulfide) groups is 1. The van der Waals surface area contributed by atoms with Gasteiger partial charge in [0.1, 0.15) is 6.07 Å². The van der Waals surface area contributed by atoms with Crippen LogP contribution in [0.15, 0.2) is 35.4 Å². The van der Waals surface area contributed by atoms with Crippen molar-refractivity contribution in [1.29, 1.82) is 5.26 Å². The molecule has 1 aliphatic rings. The molecule has 0 bridgehead atoms. The van der Waals surface area contributed by atoms with E-state index in [1.54, 1.807) is 11.8 Å². The number of aryl methyl sites for hydroxylation is 1. The van der Waals surface area contributed by atoms with Gasteiger partial charge in [0.25, 0.3) is 0 Å². The number of aromatic nitrogens is 2. The van der Waals surface area contributed by atoms with Gasteiger partial charge in [0, 0.05) is 12.1 Å². The molecule has 1 aromatic carbocycles. The SMILES string of the molecule is Cc1cc(S[C@H](C)C(=O)N2[C@@H](C)CCC[C@@H]2C)n2c(nc3ccccc32)c1C#N. The highest BCUT2D eigenvalue weighted by molar-refractivity contribution is 8.00. The molecule has 0 radical (unpaired) electrons. The lowest BCUT2D eigenvalue weighted by atomic mass is 9.97. The van der Waals surface area contributed by atoms with Gasteiger partial charge in [0.15, 0.2) is 5.65 Å². The highest BCUT2D eigenvalue weighted by atomic mass is 32.2. The minimum absolute atomic E-state index is 0.189. The van der Waals surface area contributed by atoms with Crippen molar-refractivity contribution in [3.63, 3.8) is 0 Å². The van der Waals surface area contributed by atoms with Crippen LogP contribution in [0.1, 0.15) is 51.2 Å². The van der Waals surface area contributed by atoms with Crippen LogP contribution in [0.25, 0.3) is 16.7 Å². The molecule has 29 heavy (non-hydrogen) atoms. The first-order chi connectivity index (χ1) is 13.9. The standard InChI is InChI=1S/C23H26N4OS/c1-14-12-21(29-17(4)23(28)26-15(2)8-7-9-16(26)3)27-20-11-6-5-10-19(20)25-22(27)18(14)13-24/h5-6,10-12,15-17H,7-9H2,1-4H3/t15-,16-,17+/m0/s1. The fraction of sp³-hybridized carbons (Fsp3) is 0.435. The minimum atomic E-state index is -0.213. The van der Waals surface area contributed by atoms with Crippen LogP contribution < -0.4 is 0 Å². The van der Waals surface area contributed by atoms with Gasteiger partial charge < -0.3 is 4.90 Å². The number of para-hydroxylation sites is 2. The normalized spacial score (nSPS) is 20.7. The van der Waals surface area contributed by atoms with E-state index in [1.165, 1.54) is 6.42 Å². The fourth-order valence-electron chi connectivity index (χ4n) is 4.44. The van der Waals surface area contributed by atoms with Gasteiger partial charge in [-0.2, -0.15) is 5.26 Å². The number of benzene rings is 1. The highest BCUT2D eigenvalue weighted by Crippen LogP contribution is 2.33. The number of pyridine rings is 1. The number of nitrogens with zero attached hydrogens (tertiary/aromatic N) is 4. The van der Waals surface area contributed by atoms with Crippen molar-refractivity contribution in [3.8, 4) is 6.07 Å². The molecule has 2 aromatic heterocycles. The Bertz CT molecular complexity index is 1120. The molecule has 0 saturated carbocycles. The summed E-state index contributed by atoms with van der Waals surface area (Å²) < 4.78 is 2.03. The van der Waals surface area contributed by atoms with E-state index in [0.717, 1.165) is 34.5 Å². The molecule has 0 spiro atoms. The number of fused-ring (bicyclic) bond motifs is 3. The number of amides is 1. The maximum absolute atomic E-state index is 13.3. The first-order valence-corrected chi connectivity index (χ1v) is 11.1. The maximum Gasteiger partial charge on any atom is 0.236 e. The summed E-state index contributed by atoms with van der Waals surface area (Å²) >= 11 is 1.55. The molecule has 150 valence electrons. The van der Waals surface area contributed by atoms with Crippen LogP contribution in [0.5, 0.6) is 0 Å². The van der Waals surface area contributed by atoms with Crippen LogP contribution in [-0.4, -0.2) is 37.5 Å². The number of rotatable bonds is 3. The fourth-order valence-corrected chi connectivity index (χ4v) is 5.56. The number of piperidine rings is 1. The molecule has 3 atom stereocenters. The number of hydrogen-bond acceptors (Lipinski definition) is 4. The van der Waals surface area contributed by atoms with Crippen LogP contribution in [0.4, 0.5) is 0 Å². The molecule has 1 fully saturated rings. The van der Waals surface area contributed by atoms with Gasteiger partial charge in [-0.15, -0.1) is 0 Å². The van der Waals surface area contributed by atoms with Crippen molar-refractivity contribution in [2.45, 2.75) is 69.3 Å². The molecule has 5 nitrogen and oxygen atoms in total. The average Bonchev–Trinajstić information content (AvgIpc) is 3.07. The average molecular weight is 407 g/mol. The molecule has 0 N–H and O–H groups in total. The molecule has 1 saturated heterocycles. The van der Waals surface area contributed by atoms with Gasteiger partial charge >= 0.3 is 0 Å². The summed E-state index contributed by atoms with van der Waals surface area (Å²) in [5, 5.41) is 10.4. The zero-order valence-electron chi connectivity index (χ0n) is 17.3. The summed E-state index contributed by atoms with van der Waals surface area (Å²) in [5.41, 5.74) is 3.95. The molecule has 3 heterocycles. The predicted molar refractivity (Wildman–Crippen MR) is 117 cm³/mol. The Balaban J connectivity index is 1.76. The van der Waals surface area contributed by atoms with Crippen molar-refractivity contribution in [2.75, 3.05) is 0 Å². The molecule has 3 aromatic rings. The summed E-state index contributed by atoms with van der Waals surface area (Å²) in [4.78, 5) is 20.1. The Kier molecular flexibility index (Phi) is 5.26. The number of carbonyl (C=O) groups excluding carboxylic acids is 1. The number of hydrogen-bond donors (Lipinski definition) is 0. The number of imidazole rings is 1. The molecule has 4 rings (SSSR count). The molecular formula is C23H26N4OS. The summed E-state index contributed by atoms with van der Waals surface area (Å²) in [6.45, 7) is 8.22. The Labute approximate surface area is 175 Å². The lowest BCUT2D eigenvalue weighted by Gasteiger charge is -2.40. The molecule has 1 amide bonds. The van der Waals surface area contributed by atoms with Gasteiger partial charge in [-0.3, -0.25) is 9.20 Å².